The third kappa shape index (κ3) is 4.40. The quantitative estimate of drug-likeness (QED) is 0.784. The Kier molecular flexibility index (Phi) is 6.18. The summed E-state index contributed by atoms with van der Waals surface area (Å²) in [5.74, 6) is 2.81. The van der Waals surface area contributed by atoms with E-state index in [2.05, 4.69) is 11.6 Å². The van der Waals surface area contributed by atoms with Crippen molar-refractivity contribution >= 4 is 11.8 Å². The predicted molar refractivity (Wildman–Crippen MR) is 84.9 cm³/mol. The Balaban J connectivity index is 1.92. The van der Waals surface area contributed by atoms with Gasteiger partial charge in [-0.25, -0.2) is 0 Å². The summed E-state index contributed by atoms with van der Waals surface area (Å²) in [6, 6.07) is 14.4. The summed E-state index contributed by atoms with van der Waals surface area (Å²) in [5, 5.41) is 12.5. The topological polar surface area (TPSA) is 45.4 Å². The van der Waals surface area contributed by atoms with E-state index in [-0.39, 0.29) is 6.61 Å². The molecule has 20 heavy (non-hydrogen) atoms. The summed E-state index contributed by atoms with van der Waals surface area (Å²) in [4.78, 5) is 0. The first-order chi connectivity index (χ1) is 9.83. The molecule has 108 valence electrons. The second-order valence-corrected chi connectivity index (χ2v) is 5.59. The molecule has 0 fully saturated rings. The maximum absolute atomic E-state index is 9.04. The Morgan fingerprint density at radius 2 is 2.00 bits per heavy atom. The van der Waals surface area contributed by atoms with Crippen molar-refractivity contribution in [1.82, 2.24) is 5.32 Å². The molecule has 0 saturated heterocycles. The van der Waals surface area contributed by atoms with E-state index in [1.807, 2.05) is 42.5 Å². The molecule has 1 aromatic carbocycles. The van der Waals surface area contributed by atoms with Crippen LogP contribution in [0.15, 0.2) is 46.9 Å². The van der Waals surface area contributed by atoms with Crippen LogP contribution in [0.1, 0.15) is 12.2 Å². The molecule has 0 amide bonds. The van der Waals surface area contributed by atoms with Crippen molar-refractivity contribution in [3.63, 3.8) is 0 Å². The molecule has 0 spiro atoms. The lowest BCUT2D eigenvalue weighted by atomic mass is 10.2. The van der Waals surface area contributed by atoms with Crippen molar-refractivity contribution in [2.75, 3.05) is 18.6 Å². The highest BCUT2D eigenvalue weighted by atomic mass is 32.2. The largest absolute Gasteiger partial charge is 0.460 e. The highest BCUT2D eigenvalue weighted by molar-refractivity contribution is 7.98. The van der Waals surface area contributed by atoms with Crippen molar-refractivity contribution in [3.8, 4) is 11.3 Å². The van der Waals surface area contributed by atoms with Crippen LogP contribution in [0, 0.1) is 0 Å². The zero-order chi connectivity index (χ0) is 14.2. The third-order valence-electron chi connectivity index (χ3n) is 3.13. The number of aliphatic hydroxyl groups excluding tert-OH is 1. The Bertz CT molecular complexity index is 492. The molecule has 2 N–H and O–H groups in total. The summed E-state index contributed by atoms with van der Waals surface area (Å²) in [7, 11) is 0. The summed E-state index contributed by atoms with van der Waals surface area (Å²) in [6.45, 7) is 0.906. The second kappa shape index (κ2) is 8.15. The van der Waals surface area contributed by atoms with Gasteiger partial charge >= 0.3 is 0 Å². The van der Waals surface area contributed by atoms with Gasteiger partial charge in [-0.1, -0.05) is 30.3 Å². The lowest BCUT2D eigenvalue weighted by Crippen LogP contribution is -2.31. The van der Waals surface area contributed by atoms with Crippen LogP contribution in [0.25, 0.3) is 11.3 Å². The summed E-state index contributed by atoms with van der Waals surface area (Å²) >= 11 is 1.78. The average molecular weight is 291 g/mol. The molecule has 1 aromatic heterocycles. The molecule has 0 bridgehead atoms. The molecule has 0 radical (unpaired) electrons. The van der Waals surface area contributed by atoms with Crippen LogP contribution in [0.3, 0.4) is 0 Å². The van der Waals surface area contributed by atoms with Crippen molar-refractivity contribution in [2.45, 2.75) is 19.0 Å². The summed E-state index contributed by atoms with van der Waals surface area (Å²) < 4.78 is 5.84. The van der Waals surface area contributed by atoms with Crippen LogP contribution in [0.2, 0.25) is 0 Å². The van der Waals surface area contributed by atoms with Crippen LogP contribution in [-0.2, 0) is 6.54 Å². The molecular weight excluding hydrogens is 270 g/mol. The van der Waals surface area contributed by atoms with E-state index in [4.69, 9.17) is 9.52 Å². The van der Waals surface area contributed by atoms with Crippen LogP contribution in [0.4, 0.5) is 0 Å². The first-order valence-corrected chi connectivity index (χ1v) is 8.20. The van der Waals surface area contributed by atoms with Gasteiger partial charge in [0.1, 0.15) is 11.5 Å². The number of rotatable bonds is 8. The lowest BCUT2D eigenvalue weighted by Gasteiger charge is -2.15. The van der Waals surface area contributed by atoms with Crippen LogP contribution < -0.4 is 5.32 Å². The number of hydrogen-bond acceptors (Lipinski definition) is 4. The number of benzene rings is 1. The van der Waals surface area contributed by atoms with Gasteiger partial charge in [0.15, 0.2) is 0 Å². The molecule has 0 aliphatic carbocycles. The Labute approximate surface area is 124 Å². The van der Waals surface area contributed by atoms with Crippen molar-refractivity contribution in [1.29, 1.82) is 0 Å². The molecule has 0 aliphatic rings. The number of hydrogen-bond donors (Lipinski definition) is 2. The van der Waals surface area contributed by atoms with Crippen molar-refractivity contribution in [3.05, 3.63) is 48.2 Å². The molecule has 0 saturated carbocycles. The van der Waals surface area contributed by atoms with E-state index in [1.165, 1.54) is 0 Å². The Morgan fingerprint density at radius 1 is 1.20 bits per heavy atom. The first kappa shape index (κ1) is 15.2. The molecule has 3 nitrogen and oxygen atoms in total. The highest BCUT2D eigenvalue weighted by Crippen LogP contribution is 2.21. The standard InChI is InChI=1S/C16H21NO2S/c1-20-12-14(9-10-18)17-11-15-7-8-16(19-15)13-5-3-2-4-6-13/h2-8,14,17-18H,9-12H2,1H3. The third-order valence-corrected chi connectivity index (χ3v) is 3.87. The summed E-state index contributed by atoms with van der Waals surface area (Å²) in [6.07, 6.45) is 2.85. The molecule has 1 atom stereocenters. The number of nitrogens with one attached hydrogen (secondary N) is 1. The number of thioether (sulfide) groups is 1. The van der Waals surface area contributed by atoms with Gasteiger partial charge in [-0.15, -0.1) is 0 Å². The van der Waals surface area contributed by atoms with E-state index in [1.54, 1.807) is 11.8 Å². The second-order valence-electron chi connectivity index (χ2n) is 4.68. The van der Waals surface area contributed by atoms with Gasteiger partial charge in [-0.3, -0.25) is 0 Å². The van der Waals surface area contributed by atoms with Gasteiger partial charge in [0.2, 0.25) is 0 Å². The lowest BCUT2D eigenvalue weighted by molar-refractivity contribution is 0.268. The predicted octanol–water partition coefficient (Wildman–Crippen LogP) is 3.15. The molecule has 4 heteroatoms. The number of furan rings is 1. The Hall–Kier alpha value is -1.23. The molecule has 2 rings (SSSR count). The fourth-order valence-corrected chi connectivity index (χ4v) is 2.76. The van der Waals surface area contributed by atoms with Gasteiger partial charge in [0.25, 0.3) is 0 Å². The fraction of sp³-hybridized carbons (Fsp3) is 0.375. The molecule has 1 heterocycles. The van der Waals surface area contributed by atoms with Gasteiger partial charge in [-0.2, -0.15) is 11.8 Å². The zero-order valence-corrected chi connectivity index (χ0v) is 12.5. The van der Waals surface area contributed by atoms with Crippen LogP contribution in [-0.4, -0.2) is 29.8 Å². The van der Waals surface area contributed by atoms with E-state index in [0.717, 1.165) is 29.3 Å². The average Bonchev–Trinajstić information content (AvgIpc) is 2.95. The van der Waals surface area contributed by atoms with E-state index in [0.29, 0.717) is 12.6 Å². The van der Waals surface area contributed by atoms with Gasteiger partial charge < -0.3 is 14.8 Å². The molecule has 2 aromatic rings. The van der Waals surface area contributed by atoms with Gasteiger partial charge in [-0.05, 0) is 24.8 Å². The van der Waals surface area contributed by atoms with E-state index >= 15 is 0 Å². The van der Waals surface area contributed by atoms with Crippen molar-refractivity contribution < 1.29 is 9.52 Å². The van der Waals surface area contributed by atoms with E-state index < -0.39 is 0 Å². The molecule has 1 unspecified atom stereocenters. The smallest absolute Gasteiger partial charge is 0.134 e. The Morgan fingerprint density at radius 3 is 2.70 bits per heavy atom. The normalized spacial score (nSPS) is 12.5. The van der Waals surface area contributed by atoms with Crippen LogP contribution >= 0.6 is 11.8 Å². The maximum atomic E-state index is 9.04. The minimum atomic E-state index is 0.214. The van der Waals surface area contributed by atoms with Gasteiger partial charge in [0.05, 0.1) is 6.54 Å². The monoisotopic (exact) mass is 291 g/mol. The fourth-order valence-electron chi connectivity index (χ4n) is 2.08. The SMILES string of the molecule is CSCC(CCO)NCc1ccc(-c2ccccc2)o1. The van der Waals surface area contributed by atoms with Gasteiger partial charge in [0, 0.05) is 24.0 Å². The summed E-state index contributed by atoms with van der Waals surface area (Å²) in [5.41, 5.74) is 1.09. The zero-order valence-electron chi connectivity index (χ0n) is 11.7. The minimum absolute atomic E-state index is 0.214. The van der Waals surface area contributed by atoms with Crippen LogP contribution in [0.5, 0.6) is 0 Å². The molecule has 0 aliphatic heterocycles. The van der Waals surface area contributed by atoms with E-state index in [9.17, 15) is 0 Å². The number of aliphatic hydroxyl groups is 1. The first-order valence-electron chi connectivity index (χ1n) is 6.81. The molecular formula is C16H21NO2S. The highest BCUT2D eigenvalue weighted by Gasteiger charge is 2.09. The minimum Gasteiger partial charge on any atom is -0.460 e. The maximum Gasteiger partial charge on any atom is 0.134 e. The van der Waals surface area contributed by atoms with Crippen molar-refractivity contribution in [2.24, 2.45) is 0 Å².